The van der Waals surface area contributed by atoms with E-state index >= 15 is 0 Å². The van der Waals surface area contributed by atoms with Gasteiger partial charge in [-0.25, -0.2) is 0 Å². The van der Waals surface area contributed by atoms with Crippen LogP contribution in [0.15, 0.2) is 0 Å². The summed E-state index contributed by atoms with van der Waals surface area (Å²) in [7, 11) is 0. The third kappa shape index (κ3) is 3.85. The Labute approximate surface area is 63.4 Å². The third-order valence-electron chi connectivity index (χ3n) is 1.76. The van der Waals surface area contributed by atoms with Gasteiger partial charge in [0.05, 0.1) is 0 Å². The van der Waals surface area contributed by atoms with Crippen LogP contribution >= 0.6 is 0 Å². The van der Waals surface area contributed by atoms with Gasteiger partial charge >= 0.3 is 0 Å². The van der Waals surface area contributed by atoms with Gasteiger partial charge in [-0.1, -0.05) is 20.8 Å². The first-order valence-electron chi connectivity index (χ1n) is 3.94. The van der Waals surface area contributed by atoms with Gasteiger partial charge in [0.2, 0.25) is 0 Å². The van der Waals surface area contributed by atoms with Crippen LogP contribution in [0, 0.1) is 11.8 Å². The second-order valence-electron chi connectivity index (χ2n) is 3.45. The summed E-state index contributed by atoms with van der Waals surface area (Å²) in [5.41, 5.74) is 5.77. The molecule has 0 aliphatic heterocycles. The van der Waals surface area contributed by atoms with Crippen molar-refractivity contribution < 1.29 is 5.11 Å². The molecule has 0 radical (unpaired) electrons. The Morgan fingerprint density at radius 3 is 2.10 bits per heavy atom. The van der Waals surface area contributed by atoms with Crippen molar-refractivity contribution >= 4 is 0 Å². The Kier molecular flexibility index (Phi) is 4.65. The minimum Gasteiger partial charge on any atom is -0.396 e. The number of aliphatic hydroxyl groups is 1. The Hall–Kier alpha value is -0.0800. The van der Waals surface area contributed by atoms with E-state index in [9.17, 15) is 0 Å². The molecule has 0 rings (SSSR count). The highest BCUT2D eigenvalue weighted by Crippen LogP contribution is 2.09. The van der Waals surface area contributed by atoms with Gasteiger partial charge < -0.3 is 10.8 Å². The van der Waals surface area contributed by atoms with Crippen molar-refractivity contribution in [2.45, 2.75) is 33.2 Å². The van der Waals surface area contributed by atoms with Crippen LogP contribution in [0.2, 0.25) is 0 Å². The lowest BCUT2D eigenvalue weighted by Gasteiger charge is -2.19. The molecular formula is C8H19NO. The molecule has 0 aromatic carbocycles. The van der Waals surface area contributed by atoms with E-state index in [1.165, 1.54) is 0 Å². The molecule has 0 heterocycles. The highest BCUT2D eigenvalue weighted by atomic mass is 16.3. The highest BCUT2D eigenvalue weighted by molar-refractivity contribution is 4.69. The molecule has 62 valence electrons. The van der Waals surface area contributed by atoms with Crippen LogP contribution in [0.5, 0.6) is 0 Å². The zero-order chi connectivity index (χ0) is 8.15. The molecule has 0 spiro atoms. The zero-order valence-electron chi connectivity index (χ0n) is 7.17. The Morgan fingerprint density at radius 2 is 1.80 bits per heavy atom. The quantitative estimate of drug-likeness (QED) is 0.619. The van der Waals surface area contributed by atoms with E-state index in [0.717, 1.165) is 6.42 Å². The average molecular weight is 145 g/mol. The molecule has 10 heavy (non-hydrogen) atoms. The van der Waals surface area contributed by atoms with Crippen LogP contribution in [0.25, 0.3) is 0 Å². The molecule has 2 nitrogen and oxygen atoms in total. The number of rotatable bonds is 4. The number of hydrogen-bond acceptors (Lipinski definition) is 2. The third-order valence-corrected chi connectivity index (χ3v) is 1.76. The minimum atomic E-state index is 0.157. The molecule has 2 heteroatoms. The van der Waals surface area contributed by atoms with E-state index in [0.29, 0.717) is 5.92 Å². The van der Waals surface area contributed by atoms with Crippen molar-refractivity contribution in [1.82, 2.24) is 0 Å². The van der Waals surface area contributed by atoms with Gasteiger partial charge in [-0.2, -0.15) is 0 Å². The number of nitrogens with two attached hydrogens (primary N) is 1. The molecule has 0 saturated carbocycles. The van der Waals surface area contributed by atoms with E-state index in [2.05, 4.69) is 13.8 Å². The van der Waals surface area contributed by atoms with Crippen molar-refractivity contribution in [2.75, 3.05) is 6.61 Å². The van der Waals surface area contributed by atoms with E-state index < -0.39 is 0 Å². The Bertz CT molecular complexity index is 83.3. The summed E-state index contributed by atoms with van der Waals surface area (Å²) in [5.74, 6) is 0.867. The van der Waals surface area contributed by atoms with Crippen LogP contribution in [0.3, 0.4) is 0 Å². The fourth-order valence-electron chi connectivity index (χ4n) is 0.912. The van der Waals surface area contributed by atoms with Crippen molar-refractivity contribution in [1.29, 1.82) is 0 Å². The van der Waals surface area contributed by atoms with Crippen LogP contribution in [-0.2, 0) is 0 Å². The summed E-state index contributed by atoms with van der Waals surface area (Å²) < 4.78 is 0. The van der Waals surface area contributed by atoms with E-state index in [1.807, 2.05) is 6.92 Å². The van der Waals surface area contributed by atoms with Crippen LogP contribution < -0.4 is 5.73 Å². The van der Waals surface area contributed by atoms with E-state index in [4.69, 9.17) is 10.8 Å². The lowest BCUT2D eigenvalue weighted by Crippen LogP contribution is -2.31. The molecule has 0 saturated heterocycles. The molecule has 0 aromatic heterocycles. The first-order chi connectivity index (χ1) is 4.57. The van der Waals surface area contributed by atoms with Gasteiger partial charge in [0, 0.05) is 12.6 Å². The zero-order valence-corrected chi connectivity index (χ0v) is 7.17. The van der Waals surface area contributed by atoms with Gasteiger partial charge in [-0.05, 0) is 18.3 Å². The maximum absolute atomic E-state index is 8.74. The summed E-state index contributed by atoms with van der Waals surface area (Å²) in [6, 6.07) is 0.157. The van der Waals surface area contributed by atoms with Crippen molar-refractivity contribution in [3.05, 3.63) is 0 Å². The lowest BCUT2D eigenvalue weighted by atomic mass is 9.95. The van der Waals surface area contributed by atoms with Crippen LogP contribution in [-0.4, -0.2) is 17.8 Å². The molecular weight excluding hydrogens is 126 g/mol. The smallest absolute Gasteiger partial charge is 0.0471 e. The number of aliphatic hydroxyl groups excluding tert-OH is 1. The highest BCUT2D eigenvalue weighted by Gasteiger charge is 2.12. The minimum absolute atomic E-state index is 0.157. The first kappa shape index (κ1) is 9.92. The largest absolute Gasteiger partial charge is 0.396 e. The summed E-state index contributed by atoms with van der Waals surface area (Å²) in [5, 5.41) is 8.74. The maximum Gasteiger partial charge on any atom is 0.0471 e. The fraction of sp³-hybridized carbons (Fsp3) is 1.00. The molecule has 0 aromatic rings. The monoisotopic (exact) mass is 145 g/mol. The Morgan fingerprint density at radius 1 is 1.30 bits per heavy atom. The van der Waals surface area contributed by atoms with Crippen LogP contribution in [0.4, 0.5) is 0 Å². The van der Waals surface area contributed by atoms with Crippen LogP contribution in [0.1, 0.15) is 27.2 Å². The predicted molar refractivity (Wildman–Crippen MR) is 43.7 cm³/mol. The first-order valence-corrected chi connectivity index (χ1v) is 3.94. The van der Waals surface area contributed by atoms with Gasteiger partial charge in [0.1, 0.15) is 0 Å². The van der Waals surface area contributed by atoms with Gasteiger partial charge in [-0.15, -0.1) is 0 Å². The summed E-state index contributed by atoms with van der Waals surface area (Å²) in [6.07, 6.45) is 1.00. The second kappa shape index (κ2) is 4.69. The lowest BCUT2D eigenvalue weighted by molar-refractivity contribution is 0.207. The maximum atomic E-state index is 8.74. The van der Waals surface area contributed by atoms with E-state index in [1.54, 1.807) is 0 Å². The summed E-state index contributed by atoms with van der Waals surface area (Å²) in [6.45, 7) is 6.47. The Balaban J connectivity index is 3.50. The average Bonchev–Trinajstić information content (AvgIpc) is 1.85. The molecule has 0 aliphatic carbocycles. The SMILES string of the molecule is CC(C)C[C@H](N)[C@H](C)CO. The van der Waals surface area contributed by atoms with Gasteiger partial charge in [0.25, 0.3) is 0 Å². The molecule has 0 amide bonds. The molecule has 0 unspecified atom stereocenters. The molecule has 0 aliphatic rings. The van der Waals surface area contributed by atoms with Gasteiger partial charge in [0.15, 0.2) is 0 Å². The number of hydrogen-bond donors (Lipinski definition) is 2. The molecule has 2 atom stereocenters. The fourth-order valence-corrected chi connectivity index (χ4v) is 0.912. The van der Waals surface area contributed by atoms with Crippen molar-refractivity contribution in [3.8, 4) is 0 Å². The van der Waals surface area contributed by atoms with Crippen molar-refractivity contribution in [3.63, 3.8) is 0 Å². The predicted octanol–water partition coefficient (Wildman–Crippen LogP) is 0.988. The topological polar surface area (TPSA) is 46.2 Å². The summed E-state index contributed by atoms with van der Waals surface area (Å²) in [4.78, 5) is 0. The van der Waals surface area contributed by atoms with Gasteiger partial charge in [-0.3, -0.25) is 0 Å². The van der Waals surface area contributed by atoms with E-state index in [-0.39, 0.29) is 18.6 Å². The molecule has 0 fully saturated rings. The molecule has 3 N–H and O–H groups in total. The standard InChI is InChI=1S/C8H19NO/c1-6(2)4-8(9)7(3)5-10/h6-8,10H,4-5,9H2,1-3H3/t7-,8+/m1/s1. The normalized spacial score (nSPS) is 17.4. The molecule has 0 bridgehead atoms. The summed E-state index contributed by atoms with van der Waals surface area (Å²) >= 11 is 0. The second-order valence-corrected chi connectivity index (χ2v) is 3.45. The van der Waals surface area contributed by atoms with Crippen molar-refractivity contribution in [2.24, 2.45) is 17.6 Å².